The van der Waals surface area contributed by atoms with Crippen molar-refractivity contribution in [1.82, 2.24) is 9.38 Å². The summed E-state index contributed by atoms with van der Waals surface area (Å²) < 4.78 is 2.88. The molecule has 0 bridgehead atoms. The minimum absolute atomic E-state index is 0.0661. The van der Waals surface area contributed by atoms with Gasteiger partial charge < -0.3 is 4.90 Å². The zero-order valence-electron chi connectivity index (χ0n) is 14.3. The Labute approximate surface area is 165 Å². The number of hydrogen-bond acceptors (Lipinski definition) is 6. The maximum atomic E-state index is 12.9. The van der Waals surface area contributed by atoms with Gasteiger partial charge in [-0.05, 0) is 45.8 Å². The SMILES string of the molecule is CN(C)c1ccc(/C=c2\sc3nc4ccc([N+](=O)[O-])cc4n3c2=O)cc1Br. The van der Waals surface area contributed by atoms with E-state index in [0.29, 0.717) is 20.5 Å². The van der Waals surface area contributed by atoms with E-state index in [1.807, 2.05) is 37.2 Å². The van der Waals surface area contributed by atoms with E-state index in [1.165, 1.54) is 27.9 Å². The lowest BCUT2D eigenvalue weighted by Crippen LogP contribution is -2.22. The molecule has 0 N–H and O–H groups in total. The van der Waals surface area contributed by atoms with Crippen molar-refractivity contribution < 1.29 is 4.92 Å². The summed E-state index contributed by atoms with van der Waals surface area (Å²) in [5.41, 5.74) is 2.63. The zero-order chi connectivity index (χ0) is 19.3. The first-order valence-corrected chi connectivity index (χ1v) is 9.54. The molecule has 0 aliphatic rings. The highest BCUT2D eigenvalue weighted by molar-refractivity contribution is 9.10. The molecule has 7 nitrogen and oxygen atoms in total. The van der Waals surface area contributed by atoms with Gasteiger partial charge >= 0.3 is 0 Å². The largest absolute Gasteiger partial charge is 0.377 e. The lowest BCUT2D eigenvalue weighted by Gasteiger charge is -2.14. The molecule has 0 aliphatic carbocycles. The number of nitro benzene ring substituents is 1. The van der Waals surface area contributed by atoms with Crippen LogP contribution in [0.5, 0.6) is 0 Å². The van der Waals surface area contributed by atoms with Crippen LogP contribution in [0.15, 0.2) is 45.7 Å². The van der Waals surface area contributed by atoms with Gasteiger partial charge in [0.15, 0.2) is 4.96 Å². The number of fused-ring (bicyclic) bond motifs is 3. The standard InChI is InChI=1S/C18H13BrN4O3S/c1-21(2)14-6-3-10(7-12(14)19)8-16-17(24)22-15-9-11(23(25)26)4-5-13(15)20-18(22)27-16/h3-9H,1-2H3/b16-8-. The zero-order valence-corrected chi connectivity index (χ0v) is 16.7. The maximum absolute atomic E-state index is 12.9. The Balaban J connectivity index is 1.90. The molecular weight excluding hydrogens is 432 g/mol. The van der Waals surface area contributed by atoms with Crippen molar-refractivity contribution in [2.75, 3.05) is 19.0 Å². The van der Waals surface area contributed by atoms with E-state index >= 15 is 0 Å². The maximum Gasteiger partial charge on any atom is 0.274 e. The van der Waals surface area contributed by atoms with Crippen LogP contribution in [-0.2, 0) is 0 Å². The predicted molar refractivity (Wildman–Crippen MR) is 111 cm³/mol. The Hall–Kier alpha value is -2.78. The van der Waals surface area contributed by atoms with Gasteiger partial charge in [-0.3, -0.25) is 14.9 Å². The molecule has 2 heterocycles. The van der Waals surface area contributed by atoms with E-state index < -0.39 is 4.92 Å². The third-order valence-corrected chi connectivity index (χ3v) is 5.79. The predicted octanol–water partition coefficient (Wildman–Crippen LogP) is 3.19. The molecule has 4 rings (SSSR count). The summed E-state index contributed by atoms with van der Waals surface area (Å²) in [5.74, 6) is 0. The smallest absolute Gasteiger partial charge is 0.274 e. The van der Waals surface area contributed by atoms with Crippen LogP contribution in [0, 0.1) is 10.1 Å². The molecule has 0 saturated heterocycles. The van der Waals surface area contributed by atoms with Crippen molar-refractivity contribution in [3.63, 3.8) is 0 Å². The van der Waals surface area contributed by atoms with Crippen LogP contribution in [0.25, 0.3) is 22.1 Å². The monoisotopic (exact) mass is 444 g/mol. The van der Waals surface area contributed by atoms with Crippen LogP contribution in [0.1, 0.15) is 5.56 Å². The molecule has 0 aliphatic heterocycles. The first kappa shape index (κ1) is 17.6. The second-order valence-corrected chi connectivity index (χ2v) is 8.04. The number of thiazole rings is 1. The molecule has 0 saturated carbocycles. The number of nitrogens with zero attached hydrogens (tertiary/aromatic N) is 4. The van der Waals surface area contributed by atoms with Gasteiger partial charge in [-0.2, -0.15) is 0 Å². The van der Waals surface area contributed by atoms with Crippen LogP contribution in [0.3, 0.4) is 0 Å². The van der Waals surface area contributed by atoms with Gasteiger partial charge in [0.1, 0.15) is 0 Å². The Bertz CT molecular complexity index is 1330. The average molecular weight is 445 g/mol. The molecule has 27 heavy (non-hydrogen) atoms. The van der Waals surface area contributed by atoms with Crippen molar-refractivity contribution in [1.29, 1.82) is 0 Å². The van der Waals surface area contributed by atoms with Crippen molar-refractivity contribution in [3.05, 3.63) is 71.4 Å². The molecule has 2 aromatic heterocycles. The summed E-state index contributed by atoms with van der Waals surface area (Å²) in [6.07, 6.45) is 1.80. The Kier molecular flexibility index (Phi) is 4.20. The van der Waals surface area contributed by atoms with Crippen LogP contribution in [0.4, 0.5) is 11.4 Å². The van der Waals surface area contributed by atoms with Gasteiger partial charge in [-0.25, -0.2) is 9.38 Å². The Morgan fingerprint density at radius 1 is 1.26 bits per heavy atom. The third kappa shape index (κ3) is 2.98. The lowest BCUT2D eigenvalue weighted by atomic mass is 10.2. The number of nitro groups is 1. The molecule has 4 aromatic rings. The minimum atomic E-state index is -0.480. The molecule has 0 amide bonds. The minimum Gasteiger partial charge on any atom is -0.377 e. The number of hydrogen-bond donors (Lipinski definition) is 0. The highest BCUT2D eigenvalue weighted by atomic mass is 79.9. The number of imidazole rings is 1. The summed E-state index contributed by atoms with van der Waals surface area (Å²) >= 11 is 4.81. The fourth-order valence-corrected chi connectivity index (χ4v) is 4.63. The quantitative estimate of drug-likeness (QED) is 0.358. The van der Waals surface area contributed by atoms with Crippen molar-refractivity contribution in [2.45, 2.75) is 0 Å². The van der Waals surface area contributed by atoms with Crippen LogP contribution < -0.4 is 15.0 Å². The molecule has 136 valence electrons. The first-order chi connectivity index (χ1) is 12.8. The summed E-state index contributed by atoms with van der Waals surface area (Å²) in [4.78, 5) is 30.3. The molecule has 0 radical (unpaired) electrons. The molecular formula is C18H13BrN4O3S. The molecule has 0 unspecified atom stereocenters. The highest BCUT2D eigenvalue weighted by Gasteiger charge is 2.15. The molecule has 2 aromatic carbocycles. The van der Waals surface area contributed by atoms with E-state index in [4.69, 9.17) is 0 Å². The summed E-state index contributed by atoms with van der Waals surface area (Å²) in [5, 5.41) is 11.0. The van der Waals surface area contributed by atoms with Gasteiger partial charge in [0.25, 0.3) is 11.2 Å². The van der Waals surface area contributed by atoms with Gasteiger partial charge in [-0.1, -0.05) is 17.4 Å². The molecule has 0 fully saturated rings. The van der Waals surface area contributed by atoms with E-state index in [9.17, 15) is 14.9 Å². The number of halogens is 1. The Morgan fingerprint density at radius 3 is 2.70 bits per heavy atom. The van der Waals surface area contributed by atoms with Crippen LogP contribution in [-0.4, -0.2) is 28.4 Å². The van der Waals surface area contributed by atoms with E-state index in [-0.39, 0.29) is 11.2 Å². The summed E-state index contributed by atoms with van der Waals surface area (Å²) in [6, 6.07) is 10.2. The van der Waals surface area contributed by atoms with Gasteiger partial charge in [0, 0.05) is 30.7 Å². The van der Waals surface area contributed by atoms with Crippen LogP contribution in [0.2, 0.25) is 0 Å². The van der Waals surface area contributed by atoms with Gasteiger partial charge in [0.2, 0.25) is 0 Å². The molecule has 0 atom stereocenters. The van der Waals surface area contributed by atoms with Crippen molar-refractivity contribution >= 4 is 60.7 Å². The highest BCUT2D eigenvalue weighted by Crippen LogP contribution is 2.26. The van der Waals surface area contributed by atoms with Crippen LogP contribution >= 0.6 is 27.3 Å². The first-order valence-electron chi connectivity index (χ1n) is 7.93. The summed E-state index contributed by atoms with van der Waals surface area (Å²) in [7, 11) is 3.91. The summed E-state index contributed by atoms with van der Waals surface area (Å²) in [6.45, 7) is 0. The number of anilines is 1. The second-order valence-electron chi connectivity index (χ2n) is 6.18. The number of non-ortho nitro benzene ring substituents is 1. The fraction of sp³-hybridized carbons (Fsp3) is 0.111. The third-order valence-electron chi connectivity index (χ3n) is 4.18. The van der Waals surface area contributed by atoms with E-state index in [2.05, 4.69) is 20.9 Å². The van der Waals surface area contributed by atoms with E-state index in [1.54, 1.807) is 12.1 Å². The number of aromatic nitrogens is 2. The number of rotatable bonds is 3. The lowest BCUT2D eigenvalue weighted by molar-refractivity contribution is -0.384. The Morgan fingerprint density at radius 2 is 2.04 bits per heavy atom. The number of benzene rings is 2. The fourth-order valence-electron chi connectivity index (χ4n) is 2.89. The molecule has 9 heteroatoms. The average Bonchev–Trinajstić information content (AvgIpc) is 3.10. The van der Waals surface area contributed by atoms with E-state index in [0.717, 1.165) is 15.7 Å². The van der Waals surface area contributed by atoms with Gasteiger partial charge in [0.05, 0.1) is 26.2 Å². The molecule has 0 spiro atoms. The van der Waals surface area contributed by atoms with Gasteiger partial charge in [-0.15, -0.1) is 0 Å². The van der Waals surface area contributed by atoms with Crippen molar-refractivity contribution in [3.8, 4) is 0 Å². The normalized spacial score (nSPS) is 12.2. The van der Waals surface area contributed by atoms with Crippen molar-refractivity contribution in [2.24, 2.45) is 0 Å². The topological polar surface area (TPSA) is 80.8 Å². The second kappa shape index (κ2) is 6.43.